The molecule has 0 atom stereocenters. The number of fused-ring (bicyclic) bond motifs is 3. The Kier molecular flexibility index (Phi) is 12.3. The van der Waals surface area contributed by atoms with Gasteiger partial charge < -0.3 is 14.0 Å². The van der Waals surface area contributed by atoms with Crippen molar-refractivity contribution < 1.29 is 28.9 Å². The zero-order chi connectivity index (χ0) is 42.1. The standard InChI is InChI=1S/C37H22FN2O.C18H24NSi.Ir/c38-28-19-18-26-22-35-31(21-27(26)20-28)32(23-41-35)37-39-33-16-7-8-17-34(33)40(37)36-29(24-10-3-1-4-11-24)14-9-15-30(36)25-12-5-2-6-13-25;1-14(2)11-16-12-17(15-9-7-6-8-10-15)19-13-18(16)20(3,4)5;/h1-22H;6-9,12-14H,11H2,1-5H3;/q2*-1;. The average molecular weight is 1000 g/mol. The molecule has 4 nitrogen and oxygen atoms in total. The molecule has 0 N–H and O–H groups in total. The Balaban J connectivity index is 0.000000214. The fourth-order valence-electron chi connectivity index (χ4n) is 8.24. The molecule has 0 unspecified atom stereocenters. The topological polar surface area (TPSA) is 43.9 Å². The number of halogens is 1. The van der Waals surface area contributed by atoms with Crippen molar-refractivity contribution in [1.29, 1.82) is 0 Å². The van der Waals surface area contributed by atoms with Crippen LogP contribution in [0.1, 0.15) is 19.4 Å². The second-order valence-corrected chi connectivity index (χ2v) is 22.0. The van der Waals surface area contributed by atoms with E-state index in [1.807, 2.05) is 60.7 Å². The smallest absolute Gasteiger partial charge is 0.123 e. The van der Waals surface area contributed by atoms with Gasteiger partial charge in [-0.1, -0.05) is 165 Å². The number of benzene rings is 7. The van der Waals surface area contributed by atoms with Gasteiger partial charge in [-0.05, 0) is 69.4 Å². The van der Waals surface area contributed by atoms with Crippen molar-refractivity contribution in [3.8, 4) is 50.6 Å². The first kappa shape index (κ1) is 42.4. The van der Waals surface area contributed by atoms with Gasteiger partial charge in [-0.15, -0.1) is 35.9 Å². The molecule has 62 heavy (non-hydrogen) atoms. The number of imidazole rings is 1. The van der Waals surface area contributed by atoms with Gasteiger partial charge in [0.1, 0.15) is 5.82 Å². The number of rotatable bonds is 8. The quantitative estimate of drug-likeness (QED) is 0.113. The van der Waals surface area contributed by atoms with Gasteiger partial charge in [0.15, 0.2) is 0 Å². The minimum atomic E-state index is -1.34. The fourth-order valence-corrected chi connectivity index (χ4v) is 9.83. The summed E-state index contributed by atoms with van der Waals surface area (Å²) in [6.07, 6.45) is 6.40. The van der Waals surface area contributed by atoms with Gasteiger partial charge in [-0.25, -0.2) is 4.39 Å². The molecule has 10 rings (SSSR count). The monoisotopic (exact) mass is 1000 g/mol. The van der Waals surface area contributed by atoms with E-state index in [2.05, 4.69) is 146 Å². The number of nitrogens with zero attached hydrogens (tertiary/aromatic N) is 3. The summed E-state index contributed by atoms with van der Waals surface area (Å²) in [5.41, 5.74) is 12.2. The fraction of sp³-hybridized carbons (Fsp3) is 0.127. The summed E-state index contributed by atoms with van der Waals surface area (Å²) in [5.74, 6) is 1.10. The second kappa shape index (κ2) is 18.0. The summed E-state index contributed by atoms with van der Waals surface area (Å²) >= 11 is 0. The van der Waals surface area contributed by atoms with Crippen LogP contribution in [-0.4, -0.2) is 22.6 Å². The first-order valence-corrected chi connectivity index (χ1v) is 24.3. The number of para-hydroxylation sites is 3. The molecule has 0 aliphatic heterocycles. The second-order valence-electron chi connectivity index (χ2n) is 17.0. The predicted molar refractivity (Wildman–Crippen MR) is 253 cm³/mol. The molecule has 0 fully saturated rings. The van der Waals surface area contributed by atoms with Gasteiger partial charge >= 0.3 is 0 Å². The van der Waals surface area contributed by atoms with E-state index in [9.17, 15) is 4.39 Å². The summed E-state index contributed by atoms with van der Waals surface area (Å²) in [7, 11) is -1.34. The van der Waals surface area contributed by atoms with E-state index >= 15 is 0 Å². The Morgan fingerprint density at radius 2 is 1.39 bits per heavy atom. The molecule has 0 bridgehead atoms. The van der Waals surface area contributed by atoms with Crippen molar-refractivity contribution >= 4 is 46.0 Å². The van der Waals surface area contributed by atoms with E-state index in [0.29, 0.717) is 17.3 Å². The van der Waals surface area contributed by atoms with Gasteiger partial charge in [-0.2, -0.15) is 0 Å². The molecule has 0 saturated heterocycles. The van der Waals surface area contributed by atoms with Gasteiger partial charge in [-0.3, -0.25) is 4.98 Å². The molecule has 10 aromatic rings. The van der Waals surface area contributed by atoms with Crippen LogP contribution in [0.3, 0.4) is 0 Å². The Bertz CT molecular complexity index is 3080. The Hall–Kier alpha value is -6.24. The van der Waals surface area contributed by atoms with Crippen LogP contribution in [0.15, 0.2) is 174 Å². The first-order valence-electron chi connectivity index (χ1n) is 20.8. The number of furan rings is 1. The van der Waals surface area contributed by atoms with Crippen molar-refractivity contribution in [2.75, 3.05) is 0 Å². The third-order valence-corrected chi connectivity index (χ3v) is 13.1. The van der Waals surface area contributed by atoms with Crippen LogP contribution in [0.25, 0.3) is 83.4 Å². The van der Waals surface area contributed by atoms with Crippen LogP contribution in [0.4, 0.5) is 4.39 Å². The molecule has 309 valence electrons. The predicted octanol–water partition coefficient (Wildman–Crippen LogP) is 14.2. The Labute approximate surface area is 377 Å². The molecule has 7 heteroatoms. The van der Waals surface area contributed by atoms with E-state index in [1.165, 1.54) is 16.8 Å². The number of hydrogen-bond acceptors (Lipinski definition) is 3. The third kappa shape index (κ3) is 8.62. The van der Waals surface area contributed by atoms with Crippen molar-refractivity contribution in [2.24, 2.45) is 5.92 Å². The van der Waals surface area contributed by atoms with Crippen LogP contribution in [0.5, 0.6) is 0 Å². The Morgan fingerprint density at radius 1 is 0.710 bits per heavy atom. The van der Waals surface area contributed by atoms with Crippen molar-refractivity contribution in [3.05, 3.63) is 194 Å². The summed E-state index contributed by atoms with van der Waals surface area (Å²) in [6, 6.07) is 57.7. The maximum atomic E-state index is 14.2. The minimum absolute atomic E-state index is 0. The summed E-state index contributed by atoms with van der Waals surface area (Å²) in [5, 5.41) is 4.03. The molecular formula is C55H46FIrN3OSi-2. The average Bonchev–Trinajstić information content (AvgIpc) is 3.86. The molecule has 1 radical (unpaired) electrons. The van der Waals surface area contributed by atoms with Gasteiger partial charge in [0.25, 0.3) is 0 Å². The van der Waals surface area contributed by atoms with Crippen LogP contribution < -0.4 is 5.19 Å². The molecule has 7 aromatic carbocycles. The van der Waals surface area contributed by atoms with Crippen molar-refractivity contribution in [2.45, 2.75) is 39.9 Å². The maximum absolute atomic E-state index is 14.2. The zero-order valence-electron chi connectivity index (χ0n) is 35.4. The summed E-state index contributed by atoms with van der Waals surface area (Å²) in [4.78, 5) is 9.83. The number of pyridine rings is 1. The SMILES string of the molecule is CC(C)Cc1cc(-c2[c-]cccc2)ncc1[Si](C)(C)C.Fc1ccc2cc3o[c-]c(-c4nc5ccccc5n4-c4c(-c5ccccc5)cccc4-c4ccccc4)c3cc2c1.[Ir]. The molecule has 0 aliphatic carbocycles. The molecule has 3 heterocycles. The normalized spacial score (nSPS) is 11.5. The van der Waals surface area contributed by atoms with Gasteiger partial charge in [0, 0.05) is 49.3 Å². The molecule has 0 aliphatic rings. The van der Waals surface area contributed by atoms with Crippen LogP contribution in [0.2, 0.25) is 19.6 Å². The van der Waals surface area contributed by atoms with Crippen LogP contribution in [-0.2, 0) is 26.5 Å². The minimum Gasteiger partial charge on any atom is -0.557 e. The number of hydrogen-bond donors (Lipinski definition) is 0. The van der Waals surface area contributed by atoms with Crippen molar-refractivity contribution in [1.82, 2.24) is 14.5 Å². The van der Waals surface area contributed by atoms with E-state index in [0.717, 1.165) is 78.4 Å². The van der Waals surface area contributed by atoms with Crippen molar-refractivity contribution in [3.63, 3.8) is 0 Å². The van der Waals surface area contributed by atoms with Crippen LogP contribution >= 0.6 is 0 Å². The first-order chi connectivity index (χ1) is 29.6. The largest absolute Gasteiger partial charge is 0.557 e. The molecular weight excluding hydrogens is 958 g/mol. The maximum Gasteiger partial charge on any atom is 0.123 e. The van der Waals surface area contributed by atoms with E-state index in [1.54, 1.807) is 12.1 Å². The van der Waals surface area contributed by atoms with E-state index in [-0.39, 0.29) is 25.9 Å². The van der Waals surface area contributed by atoms with E-state index in [4.69, 9.17) is 9.40 Å². The molecule has 0 amide bonds. The molecule has 0 saturated carbocycles. The van der Waals surface area contributed by atoms with Gasteiger partial charge in [0.2, 0.25) is 0 Å². The van der Waals surface area contributed by atoms with E-state index < -0.39 is 8.07 Å². The molecule has 0 spiro atoms. The summed E-state index contributed by atoms with van der Waals surface area (Å²) < 4.78 is 22.4. The molecule has 3 aromatic heterocycles. The van der Waals surface area contributed by atoms with Crippen LogP contribution in [0, 0.1) is 24.1 Å². The Morgan fingerprint density at radius 3 is 2.05 bits per heavy atom. The summed E-state index contributed by atoms with van der Waals surface area (Å²) in [6.45, 7) is 11.7. The number of aromatic nitrogens is 3. The zero-order valence-corrected chi connectivity index (χ0v) is 38.8. The third-order valence-electron chi connectivity index (χ3n) is 11.1. The van der Waals surface area contributed by atoms with Gasteiger partial charge in [0.05, 0.1) is 30.6 Å².